The lowest BCUT2D eigenvalue weighted by Gasteiger charge is -2.27. The van der Waals surface area contributed by atoms with Crippen molar-refractivity contribution in [2.75, 3.05) is 4.90 Å². The van der Waals surface area contributed by atoms with Crippen molar-refractivity contribution in [1.29, 1.82) is 0 Å². The van der Waals surface area contributed by atoms with E-state index in [1.165, 1.54) is 43.4 Å². The average Bonchev–Trinajstić information content (AvgIpc) is 3.93. The van der Waals surface area contributed by atoms with Crippen molar-refractivity contribution in [1.82, 2.24) is 4.57 Å². The Hall–Kier alpha value is -8.66. The van der Waals surface area contributed by atoms with Crippen LogP contribution in [0.25, 0.3) is 104 Å². The third-order valence-electron chi connectivity index (χ3n) is 13.2. The van der Waals surface area contributed by atoms with E-state index in [2.05, 4.69) is 240 Å². The lowest BCUT2D eigenvalue weighted by Crippen LogP contribution is -2.10. The molecule has 0 atom stereocenters. The summed E-state index contributed by atoms with van der Waals surface area (Å²) >= 11 is 0. The van der Waals surface area contributed by atoms with Crippen LogP contribution in [0, 0.1) is 0 Å². The number of fused-ring (bicyclic) bond motifs is 9. The van der Waals surface area contributed by atoms with Crippen molar-refractivity contribution in [2.45, 2.75) is 0 Å². The Kier molecular flexibility index (Phi) is 8.53. The number of anilines is 3. The molecule has 0 fully saturated rings. The number of rotatable bonds is 7. The van der Waals surface area contributed by atoms with Crippen LogP contribution >= 0.6 is 0 Å². The second kappa shape index (κ2) is 15.0. The third kappa shape index (κ3) is 6.05. The van der Waals surface area contributed by atoms with E-state index in [0.29, 0.717) is 0 Å². The molecule has 0 amide bonds. The van der Waals surface area contributed by atoms with Gasteiger partial charge in [0.2, 0.25) is 0 Å². The fourth-order valence-corrected chi connectivity index (χ4v) is 10.2. The molecule has 13 aromatic rings. The number of aromatic nitrogens is 1. The van der Waals surface area contributed by atoms with Gasteiger partial charge in [-0.05, 0) is 104 Å². The van der Waals surface area contributed by atoms with E-state index in [0.717, 1.165) is 78.1 Å². The minimum Gasteiger partial charge on any atom is -0.455 e. The largest absolute Gasteiger partial charge is 0.455 e. The fourth-order valence-electron chi connectivity index (χ4n) is 10.2. The maximum Gasteiger partial charge on any atom is 0.143 e. The van der Waals surface area contributed by atoms with E-state index < -0.39 is 0 Å². The summed E-state index contributed by atoms with van der Waals surface area (Å²) in [5.74, 6) is 0. The highest BCUT2D eigenvalue weighted by atomic mass is 16.3. The molecule has 0 unspecified atom stereocenters. The lowest BCUT2D eigenvalue weighted by atomic mass is 9.93. The van der Waals surface area contributed by atoms with Crippen molar-refractivity contribution in [3.05, 3.63) is 243 Å². The molecule has 11 aromatic carbocycles. The standard InChI is InChI=1S/C62H40N2O/c1-2-18-48-41(15-1)31-32-44-40-47(37-38-50(44)48)63(45-35-33-42(34-36-45)49-19-3-4-21-52(49)56-25-14-26-57-55-24-8-12-30-61(55)65-62(56)57)46-17-13-16-43(39-46)51-20-5-9-27-58(51)64-59-28-10-6-22-53(59)54-23-7-11-29-60(54)64/h1-40H. The topological polar surface area (TPSA) is 21.3 Å². The Morgan fingerprint density at radius 1 is 0.308 bits per heavy atom. The van der Waals surface area contributed by atoms with Crippen LogP contribution in [0.2, 0.25) is 0 Å². The van der Waals surface area contributed by atoms with Gasteiger partial charge in [0, 0.05) is 49.7 Å². The van der Waals surface area contributed by atoms with E-state index in [1.807, 2.05) is 12.1 Å². The van der Waals surface area contributed by atoms with Crippen molar-refractivity contribution < 1.29 is 4.42 Å². The van der Waals surface area contributed by atoms with Crippen molar-refractivity contribution in [2.24, 2.45) is 0 Å². The van der Waals surface area contributed by atoms with Crippen LogP contribution in [0.3, 0.4) is 0 Å². The summed E-state index contributed by atoms with van der Waals surface area (Å²) in [6, 6.07) is 87.7. The zero-order valence-electron chi connectivity index (χ0n) is 35.4. The molecule has 304 valence electrons. The van der Waals surface area contributed by atoms with Gasteiger partial charge in [-0.25, -0.2) is 0 Å². The second-order valence-corrected chi connectivity index (χ2v) is 16.8. The maximum absolute atomic E-state index is 6.53. The first-order valence-electron chi connectivity index (χ1n) is 22.2. The predicted octanol–water partition coefficient (Wildman–Crippen LogP) is 17.5. The van der Waals surface area contributed by atoms with E-state index in [4.69, 9.17) is 4.42 Å². The highest BCUT2D eigenvalue weighted by molar-refractivity contribution is 6.12. The van der Waals surface area contributed by atoms with Gasteiger partial charge < -0.3 is 13.9 Å². The van der Waals surface area contributed by atoms with Gasteiger partial charge in [0.1, 0.15) is 11.2 Å². The van der Waals surface area contributed by atoms with E-state index in [-0.39, 0.29) is 0 Å². The van der Waals surface area contributed by atoms with Gasteiger partial charge in [0.05, 0.1) is 16.7 Å². The number of furan rings is 1. The summed E-state index contributed by atoms with van der Waals surface area (Å²) in [5, 5.41) is 9.70. The molecule has 0 saturated carbocycles. The molecule has 2 heterocycles. The fraction of sp³-hybridized carbons (Fsp3) is 0. The van der Waals surface area contributed by atoms with Crippen molar-refractivity contribution in [3.8, 4) is 39.1 Å². The maximum atomic E-state index is 6.53. The first-order valence-corrected chi connectivity index (χ1v) is 22.2. The van der Waals surface area contributed by atoms with Crippen LogP contribution in [0.4, 0.5) is 17.1 Å². The summed E-state index contributed by atoms with van der Waals surface area (Å²) in [7, 11) is 0. The molecule has 0 aliphatic heterocycles. The monoisotopic (exact) mass is 828 g/mol. The molecule has 0 radical (unpaired) electrons. The van der Waals surface area contributed by atoms with Gasteiger partial charge in [-0.1, -0.05) is 182 Å². The second-order valence-electron chi connectivity index (χ2n) is 16.8. The van der Waals surface area contributed by atoms with Gasteiger partial charge in [-0.2, -0.15) is 0 Å². The first-order chi connectivity index (χ1) is 32.2. The van der Waals surface area contributed by atoms with Gasteiger partial charge in [-0.3, -0.25) is 0 Å². The minimum absolute atomic E-state index is 0.901. The van der Waals surface area contributed by atoms with Crippen LogP contribution in [0.5, 0.6) is 0 Å². The summed E-state index contributed by atoms with van der Waals surface area (Å²) in [6.07, 6.45) is 0. The van der Waals surface area contributed by atoms with Crippen LogP contribution in [-0.4, -0.2) is 4.57 Å². The molecule has 0 bridgehead atoms. The van der Waals surface area contributed by atoms with Crippen LogP contribution in [0.1, 0.15) is 0 Å². The third-order valence-corrected chi connectivity index (χ3v) is 13.2. The Morgan fingerprint density at radius 2 is 0.877 bits per heavy atom. The number of para-hydroxylation sites is 5. The molecule has 3 nitrogen and oxygen atoms in total. The first kappa shape index (κ1) is 36.9. The normalized spacial score (nSPS) is 11.7. The summed E-state index contributed by atoms with van der Waals surface area (Å²) < 4.78 is 8.95. The molecule has 2 aromatic heterocycles. The molecule has 0 spiro atoms. The number of hydrogen-bond acceptors (Lipinski definition) is 2. The molecule has 3 heteroatoms. The molecule has 0 aliphatic rings. The smallest absolute Gasteiger partial charge is 0.143 e. The average molecular weight is 829 g/mol. The van der Waals surface area contributed by atoms with Crippen molar-refractivity contribution >= 4 is 82.4 Å². The van der Waals surface area contributed by atoms with Gasteiger partial charge in [0.25, 0.3) is 0 Å². The Labute approximate surface area is 376 Å². The molecule has 0 saturated heterocycles. The van der Waals surface area contributed by atoms with Gasteiger partial charge in [-0.15, -0.1) is 0 Å². The minimum atomic E-state index is 0.901. The number of benzene rings is 11. The van der Waals surface area contributed by atoms with Crippen LogP contribution < -0.4 is 4.90 Å². The Balaban J connectivity index is 0.958. The Bertz CT molecular complexity index is 3910. The highest BCUT2D eigenvalue weighted by Gasteiger charge is 2.20. The molecule has 0 N–H and O–H groups in total. The van der Waals surface area contributed by atoms with Crippen LogP contribution in [0.15, 0.2) is 247 Å². The molecular formula is C62H40N2O. The van der Waals surface area contributed by atoms with Gasteiger partial charge >= 0.3 is 0 Å². The molecular weight excluding hydrogens is 789 g/mol. The zero-order valence-corrected chi connectivity index (χ0v) is 35.4. The zero-order chi connectivity index (χ0) is 42.8. The quantitative estimate of drug-likeness (QED) is 0.149. The lowest BCUT2D eigenvalue weighted by molar-refractivity contribution is 0.670. The molecule has 13 rings (SSSR count). The summed E-state index contributed by atoms with van der Waals surface area (Å²) in [6.45, 7) is 0. The van der Waals surface area contributed by atoms with E-state index >= 15 is 0 Å². The summed E-state index contributed by atoms with van der Waals surface area (Å²) in [5.41, 5.74) is 15.4. The molecule has 65 heavy (non-hydrogen) atoms. The number of hydrogen-bond donors (Lipinski definition) is 0. The van der Waals surface area contributed by atoms with E-state index in [1.54, 1.807) is 0 Å². The number of nitrogens with zero attached hydrogens (tertiary/aromatic N) is 2. The molecule has 0 aliphatic carbocycles. The summed E-state index contributed by atoms with van der Waals surface area (Å²) in [4.78, 5) is 2.39. The van der Waals surface area contributed by atoms with Crippen LogP contribution in [-0.2, 0) is 0 Å². The van der Waals surface area contributed by atoms with E-state index in [9.17, 15) is 0 Å². The predicted molar refractivity (Wildman–Crippen MR) is 274 cm³/mol. The van der Waals surface area contributed by atoms with Crippen molar-refractivity contribution in [3.63, 3.8) is 0 Å². The van der Waals surface area contributed by atoms with Gasteiger partial charge in [0.15, 0.2) is 0 Å². The highest BCUT2D eigenvalue weighted by Crippen LogP contribution is 2.44. The SMILES string of the molecule is c1cc(-c2ccccc2-n2c3ccccc3c3ccccc32)cc(N(c2ccc(-c3ccccc3-c3cccc4c3oc3ccccc34)cc2)c2ccc3c(ccc4ccccc43)c2)c1. The Morgan fingerprint density at radius 3 is 1.69 bits per heavy atom.